The highest BCUT2D eigenvalue weighted by Crippen LogP contribution is 2.49. The lowest BCUT2D eigenvalue weighted by Gasteiger charge is -2.28. The van der Waals surface area contributed by atoms with Crippen LogP contribution in [0.3, 0.4) is 0 Å². The molecule has 1 aliphatic heterocycles. The molecule has 0 spiro atoms. The Morgan fingerprint density at radius 1 is 0.816 bits per heavy atom. The standard InChI is InChI=1S/C31H24O7/c1-2-15-35-30-28(34)27-23(33)17-22(32)18-26(27)36-29(30)19-13-14-24-25(16-19)38-31(37-24,20-9-5-3-6-10-20)21-11-7-4-8-12-21/h3-14,16-18,32-33H,2,15H2,1H3. The van der Waals surface area contributed by atoms with Crippen LogP contribution >= 0.6 is 0 Å². The molecule has 0 atom stereocenters. The number of fused-ring (bicyclic) bond motifs is 2. The molecule has 0 saturated carbocycles. The molecule has 1 aliphatic rings. The fourth-order valence-corrected chi connectivity index (χ4v) is 4.65. The summed E-state index contributed by atoms with van der Waals surface area (Å²) in [6, 6.07) is 26.9. The maximum absolute atomic E-state index is 13.4. The third-order valence-electron chi connectivity index (χ3n) is 6.39. The topological polar surface area (TPSA) is 98.4 Å². The van der Waals surface area contributed by atoms with Gasteiger partial charge in [0.2, 0.25) is 11.2 Å². The maximum atomic E-state index is 13.4. The minimum Gasteiger partial charge on any atom is -0.508 e. The van der Waals surface area contributed by atoms with Crippen LogP contribution in [-0.2, 0) is 5.79 Å². The Morgan fingerprint density at radius 3 is 2.13 bits per heavy atom. The number of rotatable bonds is 6. The molecule has 0 saturated heterocycles. The lowest BCUT2D eigenvalue weighted by molar-refractivity contribution is -0.0459. The molecule has 0 unspecified atom stereocenters. The molecule has 5 aromatic rings. The van der Waals surface area contributed by atoms with E-state index in [1.54, 1.807) is 18.2 Å². The van der Waals surface area contributed by atoms with Gasteiger partial charge in [-0.05, 0) is 24.6 Å². The number of phenolic OH excluding ortho intramolecular Hbond substituents is 2. The molecule has 0 bridgehead atoms. The van der Waals surface area contributed by atoms with Crippen molar-refractivity contribution in [1.29, 1.82) is 0 Å². The van der Waals surface area contributed by atoms with E-state index in [9.17, 15) is 15.0 Å². The summed E-state index contributed by atoms with van der Waals surface area (Å²) in [5, 5.41) is 20.3. The number of hydrogen-bond acceptors (Lipinski definition) is 7. The van der Waals surface area contributed by atoms with Gasteiger partial charge in [-0.15, -0.1) is 0 Å². The summed E-state index contributed by atoms with van der Waals surface area (Å²) in [6.45, 7) is 2.20. The highest BCUT2D eigenvalue weighted by molar-refractivity contribution is 5.88. The molecule has 38 heavy (non-hydrogen) atoms. The van der Waals surface area contributed by atoms with E-state index in [0.717, 1.165) is 17.2 Å². The summed E-state index contributed by atoms with van der Waals surface area (Å²) in [5.74, 6) is -0.711. The lowest BCUT2D eigenvalue weighted by atomic mass is 9.97. The van der Waals surface area contributed by atoms with Gasteiger partial charge in [0.15, 0.2) is 17.3 Å². The Morgan fingerprint density at radius 2 is 1.47 bits per heavy atom. The van der Waals surface area contributed by atoms with Crippen LogP contribution in [0.25, 0.3) is 22.3 Å². The molecule has 0 aliphatic carbocycles. The Bertz CT molecular complexity index is 1650. The minimum absolute atomic E-state index is 0.0309. The normalized spacial score (nSPS) is 13.5. The first-order valence-electron chi connectivity index (χ1n) is 12.3. The van der Waals surface area contributed by atoms with Crippen LogP contribution in [-0.4, -0.2) is 16.8 Å². The van der Waals surface area contributed by atoms with E-state index in [-0.39, 0.29) is 40.6 Å². The molecular formula is C31H24O7. The molecular weight excluding hydrogens is 484 g/mol. The summed E-state index contributed by atoms with van der Waals surface area (Å²) in [6.07, 6.45) is 0.663. The van der Waals surface area contributed by atoms with Gasteiger partial charge >= 0.3 is 5.79 Å². The molecule has 2 heterocycles. The molecule has 0 amide bonds. The Kier molecular flexibility index (Phi) is 5.68. The molecule has 4 aromatic carbocycles. The van der Waals surface area contributed by atoms with Crippen LogP contribution in [0.5, 0.6) is 28.7 Å². The first-order chi connectivity index (χ1) is 18.5. The zero-order valence-corrected chi connectivity index (χ0v) is 20.5. The van der Waals surface area contributed by atoms with E-state index in [1.165, 1.54) is 6.07 Å². The maximum Gasteiger partial charge on any atom is 0.305 e. The zero-order valence-electron chi connectivity index (χ0n) is 20.5. The number of phenols is 2. The fraction of sp³-hybridized carbons (Fsp3) is 0.129. The van der Waals surface area contributed by atoms with E-state index >= 15 is 0 Å². The van der Waals surface area contributed by atoms with E-state index in [1.807, 2.05) is 67.6 Å². The van der Waals surface area contributed by atoms with Crippen LogP contribution in [0.2, 0.25) is 0 Å². The van der Waals surface area contributed by atoms with Crippen molar-refractivity contribution in [1.82, 2.24) is 0 Å². The smallest absolute Gasteiger partial charge is 0.305 e. The number of aromatic hydroxyl groups is 2. The van der Waals surface area contributed by atoms with Gasteiger partial charge in [-0.2, -0.15) is 0 Å². The van der Waals surface area contributed by atoms with Gasteiger partial charge < -0.3 is 28.8 Å². The lowest BCUT2D eigenvalue weighted by Crippen LogP contribution is -2.36. The second kappa shape index (κ2) is 9.19. The summed E-state index contributed by atoms with van der Waals surface area (Å²) in [5.41, 5.74) is 1.65. The largest absolute Gasteiger partial charge is 0.508 e. The molecule has 0 fully saturated rings. The van der Waals surface area contributed by atoms with Gasteiger partial charge in [-0.25, -0.2) is 0 Å². The predicted molar refractivity (Wildman–Crippen MR) is 142 cm³/mol. The van der Waals surface area contributed by atoms with Crippen LogP contribution in [0.15, 0.2) is 100 Å². The van der Waals surface area contributed by atoms with Crippen LogP contribution in [0.4, 0.5) is 0 Å². The zero-order chi connectivity index (χ0) is 26.3. The molecule has 7 heteroatoms. The third kappa shape index (κ3) is 3.80. The highest BCUT2D eigenvalue weighted by atomic mass is 16.7. The van der Waals surface area contributed by atoms with Gasteiger partial charge in [0.05, 0.1) is 6.61 Å². The second-order valence-electron chi connectivity index (χ2n) is 8.99. The predicted octanol–water partition coefficient (Wildman–Crippen LogP) is 6.33. The first kappa shape index (κ1) is 23.5. The molecule has 2 N–H and O–H groups in total. The highest BCUT2D eigenvalue weighted by Gasteiger charge is 2.45. The molecule has 0 radical (unpaired) electrons. The number of hydrogen-bond donors (Lipinski definition) is 2. The van der Waals surface area contributed by atoms with E-state index in [2.05, 4.69) is 0 Å². The van der Waals surface area contributed by atoms with Crippen molar-refractivity contribution in [2.75, 3.05) is 6.61 Å². The van der Waals surface area contributed by atoms with Gasteiger partial charge in [-0.1, -0.05) is 67.6 Å². The van der Waals surface area contributed by atoms with Crippen molar-refractivity contribution in [2.45, 2.75) is 19.1 Å². The Balaban J connectivity index is 1.51. The van der Waals surface area contributed by atoms with E-state index in [4.69, 9.17) is 18.6 Å². The van der Waals surface area contributed by atoms with Crippen molar-refractivity contribution in [3.63, 3.8) is 0 Å². The SMILES string of the molecule is CCCOc1c(-c2ccc3c(c2)OC(c2ccccc2)(c2ccccc2)O3)oc2cc(O)cc(O)c2c1=O. The summed E-state index contributed by atoms with van der Waals surface area (Å²) in [7, 11) is 0. The summed E-state index contributed by atoms with van der Waals surface area (Å²) < 4.78 is 24.9. The molecule has 6 rings (SSSR count). The van der Waals surface area contributed by atoms with Gasteiger partial charge in [0.1, 0.15) is 22.5 Å². The average Bonchev–Trinajstić information content (AvgIpc) is 3.33. The van der Waals surface area contributed by atoms with Crippen molar-refractivity contribution in [3.05, 3.63) is 112 Å². The third-order valence-corrected chi connectivity index (χ3v) is 6.39. The number of benzene rings is 4. The van der Waals surface area contributed by atoms with Crippen molar-refractivity contribution in [3.8, 4) is 40.1 Å². The van der Waals surface area contributed by atoms with Crippen LogP contribution in [0, 0.1) is 0 Å². The fourth-order valence-electron chi connectivity index (χ4n) is 4.65. The first-order valence-corrected chi connectivity index (χ1v) is 12.3. The van der Waals surface area contributed by atoms with Gasteiger partial charge in [0.25, 0.3) is 0 Å². The second-order valence-corrected chi connectivity index (χ2v) is 8.99. The van der Waals surface area contributed by atoms with E-state index in [0.29, 0.717) is 23.5 Å². The van der Waals surface area contributed by atoms with Crippen molar-refractivity contribution < 1.29 is 28.8 Å². The van der Waals surface area contributed by atoms with Crippen LogP contribution < -0.4 is 19.6 Å². The quantitative estimate of drug-likeness (QED) is 0.276. The monoisotopic (exact) mass is 508 g/mol. The Labute approximate surface area is 218 Å². The Hall–Kier alpha value is -4.91. The van der Waals surface area contributed by atoms with Crippen molar-refractivity contribution in [2.24, 2.45) is 0 Å². The number of ether oxygens (including phenoxy) is 3. The van der Waals surface area contributed by atoms with Crippen LogP contribution in [0.1, 0.15) is 24.5 Å². The van der Waals surface area contributed by atoms with Gasteiger partial charge in [0, 0.05) is 28.8 Å². The average molecular weight is 509 g/mol. The summed E-state index contributed by atoms with van der Waals surface area (Å²) >= 11 is 0. The van der Waals surface area contributed by atoms with Crippen molar-refractivity contribution >= 4 is 11.0 Å². The minimum atomic E-state index is -1.20. The van der Waals surface area contributed by atoms with E-state index < -0.39 is 11.2 Å². The molecule has 1 aromatic heterocycles. The van der Waals surface area contributed by atoms with Gasteiger partial charge in [-0.3, -0.25) is 4.79 Å². The molecule has 7 nitrogen and oxygen atoms in total. The summed E-state index contributed by atoms with van der Waals surface area (Å²) in [4.78, 5) is 13.4. The molecule has 190 valence electrons.